The summed E-state index contributed by atoms with van der Waals surface area (Å²) >= 11 is 0. The molecule has 1 radical (unpaired) electrons. The van der Waals surface area contributed by atoms with E-state index in [1.54, 1.807) is 32.9 Å². The molecule has 9 aromatic rings. The molecule has 0 aliphatic carbocycles. The maximum Gasteiger partial charge on any atom is 0.120 e. The van der Waals surface area contributed by atoms with Gasteiger partial charge >= 0.3 is 0 Å². The Balaban J connectivity index is 0.000000207. The Morgan fingerprint density at radius 1 is 0.759 bits per heavy atom. The summed E-state index contributed by atoms with van der Waals surface area (Å²) in [6.07, 6.45) is 1.52. The van der Waals surface area contributed by atoms with Crippen molar-refractivity contribution in [1.82, 2.24) is 9.97 Å². The van der Waals surface area contributed by atoms with Crippen LogP contribution in [0.3, 0.4) is 0 Å². The van der Waals surface area contributed by atoms with E-state index >= 15 is 0 Å². The fraction of sp³-hybridized carbons (Fsp3) is 0.184. The van der Waals surface area contributed by atoms with Crippen molar-refractivity contribution in [2.75, 3.05) is 0 Å². The zero-order chi connectivity index (χ0) is 42.9. The molecular formula is C49H44IrN2OSi-2. The van der Waals surface area contributed by atoms with Crippen LogP contribution in [0.4, 0.5) is 0 Å². The molecule has 54 heavy (non-hydrogen) atoms. The second-order valence-electron chi connectivity index (χ2n) is 15.5. The molecule has 0 bridgehead atoms. The predicted octanol–water partition coefficient (Wildman–Crippen LogP) is 12.9. The van der Waals surface area contributed by atoms with E-state index in [1.807, 2.05) is 36.4 Å². The zero-order valence-electron chi connectivity index (χ0n) is 38.1. The smallest absolute Gasteiger partial charge is 0.120 e. The van der Waals surface area contributed by atoms with Crippen LogP contribution < -0.4 is 5.19 Å². The number of aryl methyl sites for hydroxylation is 1. The van der Waals surface area contributed by atoms with Gasteiger partial charge in [0, 0.05) is 44.7 Å². The summed E-state index contributed by atoms with van der Waals surface area (Å²) in [5.41, 5.74) is 2.87. The van der Waals surface area contributed by atoms with Gasteiger partial charge in [0.15, 0.2) is 0 Å². The summed E-state index contributed by atoms with van der Waals surface area (Å²) in [5.74, 6) is 0. The summed E-state index contributed by atoms with van der Waals surface area (Å²) in [6.45, 7) is 9.82. The van der Waals surface area contributed by atoms with Crippen molar-refractivity contribution in [3.05, 3.63) is 151 Å². The van der Waals surface area contributed by atoms with Gasteiger partial charge in [-0.3, -0.25) is 0 Å². The summed E-state index contributed by atoms with van der Waals surface area (Å²) in [5, 5.41) is 9.40. The number of hydrogen-bond acceptors (Lipinski definition) is 3. The Labute approximate surface area is 342 Å². The van der Waals surface area contributed by atoms with Crippen LogP contribution in [0.15, 0.2) is 132 Å². The molecule has 0 atom stereocenters. The number of rotatable bonds is 4. The molecule has 0 spiro atoms. The van der Waals surface area contributed by atoms with Gasteiger partial charge in [-0.2, -0.15) is 0 Å². The molecule has 0 N–H and O–H groups in total. The monoisotopic (exact) mass is 904 g/mol. The largest absolute Gasteiger partial charge is 0.501 e. The average Bonchev–Trinajstić information content (AvgIpc) is 3.59. The van der Waals surface area contributed by atoms with Gasteiger partial charge in [0.05, 0.1) is 16.4 Å². The van der Waals surface area contributed by atoms with Crippen LogP contribution in [0.1, 0.15) is 41.5 Å². The van der Waals surface area contributed by atoms with Crippen LogP contribution in [-0.2, 0) is 26.5 Å². The molecule has 3 aromatic heterocycles. The molecule has 271 valence electrons. The molecule has 3 nitrogen and oxygen atoms in total. The van der Waals surface area contributed by atoms with Gasteiger partial charge in [-0.15, -0.1) is 47.9 Å². The van der Waals surface area contributed by atoms with Crippen molar-refractivity contribution < 1.29 is 34.1 Å². The minimum absolute atomic E-state index is 0. The van der Waals surface area contributed by atoms with Crippen molar-refractivity contribution in [2.24, 2.45) is 5.41 Å². The normalized spacial score (nSPS) is 14.3. The molecular weight excluding hydrogens is 853 g/mol. The second kappa shape index (κ2) is 14.7. The Morgan fingerprint density at radius 3 is 2.19 bits per heavy atom. The maximum atomic E-state index is 8.74. The van der Waals surface area contributed by atoms with Crippen LogP contribution in [-0.4, -0.2) is 18.0 Å². The van der Waals surface area contributed by atoms with Crippen LogP contribution >= 0.6 is 0 Å². The number of benzene rings is 6. The zero-order valence-corrected chi connectivity index (χ0v) is 34.5. The molecule has 0 unspecified atom stereocenters. The SMILES string of the molecule is C[Si](C)(C)c1cnc2c3[c-]cccc3c3ccccc3c2c1.[2H]c1cc(C([2H])([2H])C(C)(C)C)cc([2H])c1-c1cc(-c2[c-]ccc3c2oc2ccccc23)ncc1C([2H])([2H])[2H].[Ir]. The molecule has 3 heterocycles. The van der Waals surface area contributed by atoms with E-state index in [0.29, 0.717) is 22.4 Å². The first-order valence-electron chi connectivity index (χ1n) is 21.3. The molecule has 9 rings (SSSR count). The third-order valence-electron chi connectivity index (χ3n) is 9.39. The Hall–Kier alpha value is -4.93. The molecule has 6 aromatic carbocycles. The van der Waals surface area contributed by atoms with Crippen LogP contribution in [0.2, 0.25) is 19.6 Å². The van der Waals surface area contributed by atoms with Crippen molar-refractivity contribution in [3.63, 3.8) is 0 Å². The standard InChI is InChI=1S/C29H26NO.C20H18NSi.Ir/c1-19-18-30-26(16-25(19)21-14-12-20(13-15-21)17-29(2,3)4)24-10-7-9-23-22-8-5-6-11-27(22)31-28(23)24;1-22(2,3)14-12-19-17-10-5-4-8-15(17)16-9-6-7-11-18(16)20(19)21-13-14;/h5-9,11-16,18H,17H2,1-4H3;4-10,12-13H,1-3H3;/q2*-1;/i1D3,14D,15D,17D2;;. The molecule has 5 heteroatoms. The average molecular weight is 904 g/mol. The van der Waals surface area contributed by atoms with Gasteiger partial charge in [-0.1, -0.05) is 141 Å². The van der Waals surface area contributed by atoms with E-state index in [2.05, 4.69) is 85.4 Å². The molecule has 0 saturated heterocycles. The van der Waals surface area contributed by atoms with E-state index < -0.39 is 26.7 Å². The summed E-state index contributed by atoms with van der Waals surface area (Å²) in [7, 11) is -1.38. The number of fused-ring (bicyclic) bond motifs is 9. The number of para-hydroxylation sites is 1. The van der Waals surface area contributed by atoms with Crippen molar-refractivity contribution in [2.45, 2.75) is 53.6 Å². The van der Waals surface area contributed by atoms with E-state index in [9.17, 15) is 0 Å². The van der Waals surface area contributed by atoms with Gasteiger partial charge in [0.25, 0.3) is 0 Å². The summed E-state index contributed by atoms with van der Waals surface area (Å²) < 4.78 is 65.0. The van der Waals surface area contributed by atoms with E-state index in [1.165, 1.54) is 45.1 Å². The van der Waals surface area contributed by atoms with Crippen molar-refractivity contribution in [1.29, 1.82) is 0 Å². The first-order valence-corrected chi connectivity index (χ1v) is 21.3. The Morgan fingerprint density at radius 2 is 1.46 bits per heavy atom. The first-order chi connectivity index (χ1) is 28.3. The van der Waals surface area contributed by atoms with Gasteiger partial charge in [-0.05, 0) is 74.1 Å². The Bertz CT molecular complexity index is 3070. The Kier molecular flexibility index (Phi) is 8.02. The third kappa shape index (κ3) is 7.29. The molecule has 0 aliphatic rings. The topological polar surface area (TPSA) is 38.9 Å². The second-order valence-corrected chi connectivity index (χ2v) is 20.5. The minimum atomic E-state index is -2.55. The quantitative estimate of drug-likeness (QED) is 0.100. The van der Waals surface area contributed by atoms with Gasteiger partial charge < -0.3 is 14.4 Å². The molecule has 0 saturated carbocycles. The van der Waals surface area contributed by atoms with Crippen LogP contribution in [0.5, 0.6) is 0 Å². The number of furan rings is 1. The number of aromatic nitrogens is 2. The fourth-order valence-corrected chi connectivity index (χ4v) is 7.84. The summed E-state index contributed by atoms with van der Waals surface area (Å²) in [6, 6.07) is 39.1. The predicted molar refractivity (Wildman–Crippen MR) is 228 cm³/mol. The maximum absolute atomic E-state index is 8.74. The number of pyridine rings is 2. The van der Waals surface area contributed by atoms with E-state index in [4.69, 9.17) is 19.0 Å². The minimum Gasteiger partial charge on any atom is -0.501 e. The first kappa shape index (κ1) is 29.4. The molecule has 0 amide bonds. The van der Waals surface area contributed by atoms with E-state index in [0.717, 1.165) is 21.7 Å². The van der Waals surface area contributed by atoms with Crippen LogP contribution in [0, 0.1) is 24.4 Å². The van der Waals surface area contributed by atoms with Gasteiger partial charge in [-0.25, -0.2) is 0 Å². The third-order valence-corrected chi connectivity index (χ3v) is 11.4. The van der Waals surface area contributed by atoms with Gasteiger partial charge in [0.1, 0.15) is 5.58 Å². The number of hydrogen-bond donors (Lipinski definition) is 0. The summed E-state index contributed by atoms with van der Waals surface area (Å²) in [4.78, 5) is 9.27. The van der Waals surface area contributed by atoms with Crippen molar-refractivity contribution in [3.8, 4) is 22.4 Å². The van der Waals surface area contributed by atoms with Crippen LogP contribution in [0.25, 0.3) is 76.8 Å². The van der Waals surface area contributed by atoms with Gasteiger partial charge in [0.2, 0.25) is 0 Å². The molecule has 0 aliphatic heterocycles. The number of nitrogens with zero attached hydrogens (tertiary/aromatic N) is 2. The van der Waals surface area contributed by atoms with Crippen molar-refractivity contribution >= 4 is 67.6 Å². The van der Waals surface area contributed by atoms with E-state index in [-0.39, 0.29) is 54.4 Å². The fourth-order valence-electron chi connectivity index (χ4n) is 6.81. The molecule has 0 fully saturated rings.